The maximum atomic E-state index is 9.89. The molecule has 16 heavy (non-hydrogen) atoms. The quantitative estimate of drug-likeness (QED) is 0.700. The summed E-state index contributed by atoms with van der Waals surface area (Å²) in [6.45, 7) is 12.4. The Labute approximate surface area is 105 Å². The lowest BCUT2D eigenvalue weighted by atomic mass is 9.76. The number of aliphatic hydroxyl groups excluding tert-OH is 1. The van der Waals surface area contributed by atoms with Gasteiger partial charge in [0.25, 0.3) is 0 Å². The van der Waals surface area contributed by atoms with Gasteiger partial charge in [-0.25, -0.2) is 0 Å². The fourth-order valence-corrected chi connectivity index (χ4v) is 2.53. The summed E-state index contributed by atoms with van der Waals surface area (Å²) < 4.78 is 5.96. The predicted molar refractivity (Wildman–Crippen MR) is 70.0 cm³/mol. The first-order chi connectivity index (χ1) is 7.17. The third kappa shape index (κ3) is 5.03. The van der Waals surface area contributed by atoms with Crippen LogP contribution in [0.25, 0.3) is 0 Å². The average molecular weight is 251 g/mol. The summed E-state index contributed by atoms with van der Waals surface area (Å²) in [6, 6.07) is 0. The first-order valence-electron chi connectivity index (χ1n) is 6.08. The van der Waals surface area contributed by atoms with Crippen LogP contribution in [0.5, 0.6) is 0 Å². The SMILES string of the molecule is CCC(C)(CC(C)(C)[C@@H](O)CCl)OC(C)C. The molecule has 0 amide bonds. The molecular weight excluding hydrogens is 224 g/mol. The van der Waals surface area contributed by atoms with E-state index in [-0.39, 0.29) is 23.0 Å². The molecule has 0 rings (SSSR count). The van der Waals surface area contributed by atoms with Gasteiger partial charge in [-0.2, -0.15) is 0 Å². The van der Waals surface area contributed by atoms with Crippen molar-refractivity contribution in [1.29, 1.82) is 0 Å². The third-order valence-electron chi connectivity index (χ3n) is 3.15. The summed E-state index contributed by atoms with van der Waals surface area (Å²) in [5.74, 6) is 0.272. The zero-order valence-corrected chi connectivity index (χ0v) is 12.3. The van der Waals surface area contributed by atoms with Crippen molar-refractivity contribution in [2.75, 3.05) is 5.88 Å². The normalized spacial score (nSPS) is 18.6. The van der Waals surface area contributed by atoms with E-state index in [1.54, 1.807) is 0 Å². The first kappa shape index (κ1) is 16.2. The van der Waals surface area contributed by atoms with Gasteiger partial charge in [0.1, 0.15) is 0 Å². The Hall–Kier alpha value is 0.210. The number of halogens is 1. The van der Waals surface area contributed by atoms with Gasteiger partial charge in [0.15, 0.2) is 0 Å². The summed E-state index contributed by atoms with van der Waals surface area (Å²) >= 11 is 5.72. The Morgan fingerprint density at radius 1 is 1.25 bits per heavy atom. The molecule has 0 aromatic rings. The number of hydrogen-bond donors (Lipinski definition) is 1. The van der Waals surface area contributed by atoms with Crippen molar-refractivity contribution in [2.45, 2.75) is 72.2 Å². The van der Waals surface area contributed by atoms with E-state index in [9.17, 15) is 5.11 Å². The van der Waals surface area contributed by atoms with E-state index in [1.165, 1.54) is 0 Å². The molecule has 0 saturated heterocycles. The largest absolute Gasteiger partial charge is 0.391 e. The van der Waals surface area contributed by atoms with Gasteiger partial charge in [-0.15, -0.1) is 11.6 Å². The van der Waals surface area contributed by atoms with Gasteiger partial charge < -0.3 is 9.84 Å². The van der Waals surface area contributed by atoms with Crippen LogP contribution in [0.3, 0.4) is 0 Å². The standard InChI is InChI=1S/C13H27ClO2/c1-7-13(6,16-10(2)3)9-12(4,5)11(15)8-14/h10-11,15H,7-9H2,1-6H3/t11-,13?/m0/s1. The zero-order valence-electron chi connectivity index (χ0n) is 11.5. The Balaban J connectivity index is 4.63. The lowest BCUT2D eigenvalue weighted by Gasteiger charge is -2.40. The topological polar surface area (TPSA) is 29.5 Å². The molecule has 0 spiro atoms. The average Bonchev–Trinajstić information content (AvgIpc) is 2.14. The maximum absolute atomic E-state index is 9.89. The minimum Gasteiger partial charge on any atom is -0.391 e. The molecular formula is C13H27ClO2. The van der Waals surface area contributed by atoms with Crippen molar-refractivity contribution in [3.8, 4) is 0 Å². The van der Waals surface area contributed by atoms with E-state index in [1.807, 2.05) is 27.7 Å². The molecule has 0 aliphatic heterocycles. The lowest BCUT2D eigenvalue weighted by molar-refractivity contribution is -0.107. The molecule has 2 nitrogen and oxygen atoms in total. The Kier molecular flexibility index (Phi) is 6.31. The second-order valence-electron chi connectivity index (χ2n) is 5.81. The van der Waals surface area contributed by atoms with E-state index in [0.717, 1.165) is 12.8 Å². The molecule has 0 aromatic heterocycles. The second-order valence-corrected chi connectivity index (χ2v) is 6.11. The van der Waals surface area contributed by atoms with Crippen LogP contribution in [0.1, 0.15) is 54.4 Å². The highest BCUT2D eigenvalue weighted by Gasteiger charge is 2.36. The number of alkyl halides is 1. The van der Waals surface area contributed by atoms with Crippen LogP contribution in [0.4, 0.5) is 0 Å². The highest BCUT2D eigenvalue weighted by molar-refractivity contribution is 6.18. The third-order valence-corrected chi connectivity index (χ3v) is 3.44. The van der Waals surface area contributed by atoms with Crippen LogP contribution in [0.15, 0.2) is 0 Å². The zero-order chi connectivity index (χ0) is 13.0. The minimum absolute atomic E-state index is 0.190. The highest BCUT2D eigenvalue weighted by atomic mass is 35.5. The van der Waals surface area contributed by atoms with Gasteiger partial charge in [-0.3, -0.25) is 0 Å². The number of hydrogen-bond acceptors (Lipinski definition) is 2. The van der Waals surface area contributed by atoms with E-state index >= 15 is 0 Å². The Morgan fingerprint density at radius 2 is 1.75 bits per heavy atom. The number of rotatable bonds is 7. The fourth-order valence-electron chi connectivity index (χ4n) is 2.11. The van der Waals surface area contributed by atoms with E-state index < -0.39 is 6.10 Å². The van der Waals surface area contributed by atoms with Gasteiger partial charge in [0, 0.05) is 5.88 Å². The summed E-state index contributed by atoms with van der Waals surface area (Å²) in [5.41, 5.74) is -0.411. The van der Waals surface area contributed by atoms with Gasteiger partial charge in [0.2, 0.25) is 0 Å². The lowest BCUT2D eigenvalue weighted by Crippen LogP contribution is -2.41. The molecule has 0 radical (unpaired) electrons. The summed E-state index contributed by atoms with van der Waals surface area (Å²) in [5, 5.41) is 9.89. The predicted octanol–water partition coefficient (Wildman–Crippen LogP) is 3.60. The maximum Gasteiger partial charge on any atom is 0.0727 e. The fraction of sp³-hybridized carbons (Fsp3) is 1.00. The van der Waals surface area contributed by atoms with Crippen molar-refractivity contribution < 1.29 is 9.84 Å². The summed E-state index contributed by atoms with van der Waals surface area (Å²) in [6.07, 6.45) is 1.45. The molecule has 0 fully saturated rings. The minimum atomic E-state index is -0.490. The van der Waals surface area contributed by atoms with Crippen LogP contribution in [-0.4, -0.2) is 28.8 Å². The van der Waals surface area contributed by atoms with Gasteiger partial charge in [-0.05, 0) is 39.0 Å². The Morgan fingerprint density at radius 3 is 2.06 bits per heavy atom. The monoisotopic (exact) mass is 250 g/mol. The molecule has 1 unspecified atom stereocenters. The molecule has 1 N–H and O–H groups in total. The Bertz CT molecular complexity index is 204. The van der Waals surface area contributed by atoms with Crippen molar-refractivity contribution >= 4 is 11.6 Å². The smallest absolute Gasteiger partial charge is 0.0727 e. The van der Waals surface area contributed by atoms with Gasteiger partial charge in [0.05, 0.1) is 17.8 Å². The van der Waals surface area contributed by atoms with Gasteiger partial charge >= 0.3 is 0 Å². The molecule has 3 heteroatoms. The van der Waals surface area contributed by atoms with Crippen LogP contribution >= 0.6 is 11.6 Å². The number of aliphatic hydroxyl groups is 1. The van der Waals surface area contributed by atoms with Gasteiger partial charge in [-0.1, -0.05) is 20.8 Å². The second kappa shape index (κ2) is 6.23. The number of ether oxygens (including phenoxy) is 1. The van der Waals surface area contributed by atoms with Crippen LogP contribution in [0, 0.1) is 5.41 Å². The van der Waals surface area contributed by atoms with E-state index in [2.05, 4.69) is 13.8 Å². The molecule has 0 saturated carbocycles. The molecule has 0 aliphatic rings. The highest BCUT2D eigenvalue weighted by Crippen LogP contribution is 2.36. The first-order valence-corrected chi connectivity index (χ1v) is 6.62. The van der Waals surface area contributed by atoms with Crippen molar-refractivity contribution in [3.63, 3.8) is 0 Å². The summed E-state index contributed by atoms with van der Waals surface area (Å²) in [4.78, 5) is 0. The summed E-state index contributed by atoms with van der Waals surface area (Å²) in [7, 11) is 0. The molecule has 2 atom stereocenters. The van der Waals surface area contributed by atoms with Crippen molar-refractivity contribution in [2.24, 2.45) is 5.41 Å². The van der Waals surface area contributed by atoms with Crippen molar-refractivity contribution in [3.05, 3.63) is 0 Å². The van der Waals surface area contributed by atoms with Crippen LogP contribution in [-0.2, 0) is 4.74 Å². The molecule has 0 aromatic carbocycles. The van der Waals surface area contributed by atoms with Crippen LogP contribution in [0.2, 0.25) is 0 Å². The van der Waals surface area contributed by atoms with Crippen molar-refractivity contribution in [1.82, 2.24) is 0 Å². The van der Waals surface area contributed by atoms with Crippen LogP contribution < -0.4 is 0 Å². The molecule has 0 bridgehead atoms. The van der Waals surface area contributed by atoms with E-state index in [0.29, 0.717) is 0 Å². The molecule has 0 heterocycles. The molecule has 0 aliphatic carbocycles. The van der Waals surface area contributed by atoms with E-state index in [4.69, 9.17) is 16.3 Å². The molecule has 98 valence electrons.